The molecule has 3 heteroatoms. The molecule has 4 rings (SSSR count). The number of fused-ring (bicyclic) bond motifs is 1. The van der Waals surface area contributed by atoms with E-state index in [1.165, 1.54) is 54.4 Å². The topological polar surface area (TPSA) is 37.0 Å². The second-order valence-corrected chi connectivity index (χ2v) is 7.03. The van der Waals surface area contributed by atoms with Gasteiger partial charge in [0.15, 0.2) is 0 Å². The van der Waals surface area contributed by atoms with E-state index >= 15 is 0 Å². The molecule has 0 spiro atoms. The van der Waals surface area contributed by atoms with E-state index in [2.05, 4.69) is 46.8 Å². The molecule has 1 aromatic heterocycles. The predicted molar refractivity (Wildman–Crippen MR) is 114 cm³/mol. The van der Waals surface area contributed by atoms with Crippen LogP contribution in [0.2, 0.25) is 0 Å². The molecule has 2 aromatic carbocycles. The smallest absolute Gasteiger partial charge is 0.120 e. The maximum absolute atomic E-state index is 6.00. The lowest BCUT2D eigenvalue weighted by Gasteiger charge is -2.22. The molecule has 0 amide bonds. The van der Waals surface area contributed by atoms with Crippen LogP contribution in [-0.4, -0.2) is 18.1 Å². The summed E-state index contributed by atoms with van der Waals surface area (Å²) in [4.78, 5) is 3.41. The Morgan fingerprint density at radius 2 is 1.78 bits per heavy atom. The first kappa shape index (κ1) is 19.5. The fourth-order valence-corrected chi connectivity index (χ4v) is 3.73. The minimum Gasteiger partial charge on any atom is -0.489 e. The average Bonchev–Trinajstić information content (AvgIpc) is 3.16. The molecule has 0 bridgehead atoms. The van der Waals surface area contributed by atoms with Crippen molar-refractivity contribution < 1.29 is 4.74 Å². The number of ether oxygens (including phenoxy) is 1. The van der Waals surface area contributed by atoms with E-state index in [1.807, 2.05) is 32.0 Å². The number of aryl methyl sites for hydroxylation is 1. The van der Waals surface area contributed by atoms with E-state index in [1.54, 1.807) is 0 Å². The van der Waals surface area contributed by atoms with Crippen LogP contribution in [0.3, 0.4) is 0 Å². The molecule has 1 saturated heterocycles. The van der Waals surface area contributed by atoms with Crippen molar-refractivity contribution in [1.82, 2.24) is 10.3 Å². The first-order valence-electron chi connectivity index (χ1n) is 10.4. The van der Waals surface area contributed by atoms with Gasteiger partial charge in [0.05, 0.1) is 0 Å². The van der Waals surface area contributed by atoms with Gasteiger partial charge in [-0.1, -0.05) is 44.2 Å². The fourth-order valence-electron chi connectivity index (χ4n) is 3.73. The summed E-state index contributed by atoms with van der Waals surface area (Å²) >= 11 is 0. The Hall–Kier alpha value is -2.26. The quantitative estimate of drug-likeness (QED) is 0.588. The van der Waals surface area contributed by atoms with Crippen LogP contribution in [0.15, 0.2) is 54.7 Å². The van der Waals surface area contributed by atoms with Gasteiger partial charge in [0, 0.05) is 17.1 Å². The van der Waals surface area contributed by atoms with Crippen molar-refractivity contribution >= 4 is 10.9 Å². The highest BCUT2D eigenvalue weighted by molar-refractivity contribution is 5.84. The standard InChI is InChI=1S/C22H26N2O.C2H6/c1-2-4-18(5-3-1)16-25-20-8-9-22-21(14-20)19(15-24-22)7-6-17-10-12-23-13-11-17;1-2/h1-5,8-9,14-15,17,23-24H,6-7,10-13,16H2;1-2H3. The molecule has 3 nitrogen and oxygen atoms in total. The Bertz CT molecular complexity index is 804. The first-order chi connectivity index (χ1) is 13.4. The van der Waals surface area contributed by atoms with Gasteiger partial charge in [-0.25, -0.2) is 0 Å². The van der Waals surface area contributed by atoms with Gasteiger partial charge in [0.1, 0.15) is 12.4 Å². The van der Waals surface area contributed by atoms with Gasteiger partial charge < -0.3 is 15.0 Å². The number of hydrogen-bond donors (Lipinski definition) is 2. The lowest BCUT2D eigenvalue weighted by Crippen LogP contribution is -2.27. The van der Waals surface area contributed by atoms with Crippen molar-refractivity contribution in [3.63, 3.8) is 0 Å². The Kier molecular flexibility index (Phi) is 7.35. The molecular formula is C24H32N2O. The molecule has 0 radical (unpaired) electrons. The number of rotatable bonds is 6. The highest BCUT2D eigenvalue weighted by atomic mass is 16.5. The minimum absolute atomic E-state index is 0.612. The summed E-state index contributed by atoms with van der Waals surface area (Å²) < 4.78 is 6.00. The van der Waals surface area contributed by atoms with Gasteiger partial charge in [0.2, 0.25) is 0 Å². The van der Waals surface area contributed by atoms with Crippen LogP contribution in [0.1, 0.15) is 44.2 Å². The van der Waals surface area contributed by atoms with Crippen molar-refractivity contribution in [2.24, 2.45) is 5.92 Å². The number of aromatic nitrogens is 1. The van der Waals surface area contributed by atoms with E-state index in [0.29, 0.717) is 6.61 Å². The first-order valence-corrected chi connectivity index (χ1v) is 10.4. The maximum Gasteiger partial charge on any atom is 0.120 e. The van der Waals surface area contributed by atoms with Crippen LogP contribution in [0.5, 0.6) is 5.75 Å². The zero-order valence-electron chi connectivity index (χ0n) is 16.6. The van der Waals surface area contributed by atoms with Crippen molar-refractivity contribution in [3.8, 4) is 5.75 Å². The van der Waals surface area contributed by atoms with Crippen molar-refractivity contribution in [1.29, 1.82) is 0 Å². The Morgan fingerprint density at radius 1 is 1.00 bits per heavy atom. The second kappa shape index (κ2) is 10.2. The van der Waals surface area contributed by atoms with Gasteiger partial charge >= 0.3 is 0 Å². The summed E-state index contributed by atoms with van der Waals surface area (Å²) in [5.74, 6) is 1.81. The molecule has 3 aromatic rings. The van der Waals surface area contributed by atoms with Crippen LogP contribution >= 0.6 is 0 Å². The summed E-state index contributed by atoms with van der Waals surface area (Å²) in [6, 6.07) is 16.7. The third kappa shape index (κ3) is 5.36. The van der Waals surface area contributed by atoms with Gasteiger partial charge in [-0.05, 0) is 74.0 Å². The number of nitrogens with one attached hydrogen (secondary N) is 2. The molecule has 144 valence electrons. The van der Waals surface area contributed by atoms with Gasteiger partial charge in [-0.15, -0.1) is 0 Å². The summed E-state index contributed by atoms with van der Waals surface area (Å²) in [6.07, 6.45) is 7.23. The summed E-state index contributed by atoms with van der Waals surface area (Å²) in [5, 5.41) is 4.75. The Labute approximate surface area is 163 Å². The molecule has 0 atom stereocenters. The summed E-state index contributed by atoms with van der Waals surface area (Å²) in [6.45, 7) is 6.97. The summed E-state index contributed by atoms with van der Waals surface area (Å²) in [5.41, 5.74) is 3.81. The molecule has 2 N–H and O–H groups in total. The van der Waals surface area contributed by atoms with Crippen LogP contribution in [0.4, 0.5) is 0 Å². The molecule has 27 heavy (non-hydrogen) atoms. The van der Waals surface area contributed by atoms with Crippen molar-refractivity contribution in [2.75, 3.05) is 13.1 Å². The number of piperidine rings is 1. The normalized spacial score (nSPS) is 14.6. The minimum atomic E-state index is 0.612. The Balaban J connectivity index is 0.00000102. The number of H-pyrrole nitrogens is 1. The number of hydrogen-bond acceptors (Lipinski definition) is 2. The zero-order chi connectivity index (χ0) is 18.9. The largest absolute Gasteiger partial charge is 0.489 e. The highest BCUT2D eigenvalue weighted by Crippen LogP contribution is 2.27. The highest BCUT2D eigenvalue weighted by Gasteiger charge is 2.14. The fraction of sp³-hybridized carbons (Fsp3) is 0.417. The molecular weight excluding hydrogens is 332 g/mol. The second-order valence-electron chi connectivity index (χ2n) is 7.03. The lowest BCUT2D eigenvalue weighted by atomic mass is 9.91. The average molecular weight is 365 g/mol. The molecule has 1 fully saturated rings. The molecule has 2 heterocycles. The van der Waals surface area contributed by atoms with Crippen molar-refractivity contribution in [3.05, 3.63) is 65.9 Å². The van der Waals surface area contributed by atoms with E-state index in [9.17, 15) is 0 Å². The monoisotopic (exact) mass is 364 g/mol. The van der Waals surface area contributed by atoms with Gasteiger partial charge in [-0.2, -0.15) is 0 Å². The van der Waals surface area contributed by atoms with Crippen LogP contribution < -0.4 is 10.1 Å². The van der Waals surface area contributed by atoms with E-state index in [-0.39, 0.29) is 0 Å². The van der Waals surface area contributed by atoms with Gasteiger partial charge in [0.25, 0.3) is 0 Å². The zero-order valence-corrected chi connectivity index (χ0v) is 16.6. The maximum atomic E-state index is 6.00. The number of aromatic amines is 1. The number of benzene rings is 2. The lowest BCUT2D eigenvalue weighted by molar-refractivity contribution is 0.306. The SMILES string of the molecule is CC.c1ccc(COc2ccc3[nH]cc(CCC4CCNCC4)c3c2)cc1. The van der Waals surface area contributed by atoms with Crippen molar-refractivity contribution in [2.45, 2.75) is 46.1 Å². The van der Waals surface area contributed by atoms with Gasteiger partial charge in [-0.3, -0.25) is 0 Å². The molecule has 0 aliphatic carbocycles. The van der Waals surface area contributed by atoms with Crippen LogP contribution in [-0.2, 0) is 13.0 Å². The predicted octanol–water partition coefficient (Wildman–Crippen LogP) is 5.71. The molecule has 1 aliphatic rings. The molecule has 0 unspecified atom stereocenters. The van der Waals surface area contributed by atoms with E-state index in [0.717, 1.165) is 18.1 Å². The molecule has 1 aliphatic heterocycles. The van der Waals surface area contributed by atoms with E-state index < -0.39 is 0 Å². The van der Waals surface area contributed by atoms with Crippen LogP contribution in [0, 0.1) is 5.92 Å². The third-order valence-electron chi connectivity index (χ3n) is 5.27. The summed E-state index contributed by atoms with van der Waals surface area (Å²) in [7, 11) is 0. The third-order valence-corrected chi connectivity index (χ3v) is 5.27. The van der Waals surface area contributed by atoms with Crippen LogP contribution in [0.25, 0.3) is 10.9 Å². The molecule has 0 saturated carbocycles. The van der Waals surface area contributed by atoms with E-state index in [4.69, 9.17) is 4.74 Å². The Morgan fingerprint density at radius 3 is 2.56 bits per heavy atom.